The Morgan fingerprint density at radius 2 is 2.17 bits per heavy atom. The Kier molecular flexibility index (Phi) is 5.21. The van der Waals surface area contributed by atoms with Crippen molar-refractivity contribution in [3.05, 3.63) is 70.5 Å². The number of halogens is 1. The number of ether oxygens (including phenoxy) is 1. The van der Waals surface area contributed by atoms with Crippen molar-refractivity contribution in [3.8, 4) is 5.75 Å². The molecule has 1 amide bonds. The summed E-state index contributed by atoms with van der Waals surface area (Å²) in [6.45, 7) is 0.550. The maximum absolute atomic E-state index is 12.4. The largest absolute Gasteiger partial charge is 0.486 e. The highest BCUT2D eigenvalue weighted by Gasteiger charge is 2.12. The number of carbonyl (C=O) groups is 1. The zero-order chi connectivity index (χ0) is 20.2. The van der Waals surface area contributed by atoms with Crippen LogP contribution in [0, 0.1) is 0 Å². The van der Waals surface area contributed by atoms with Gasteiger partial charge in [-0.2, -0.15) is 0 Å². The summed E-state index contributed by atoms with van der Waals surface area (Å²) < 4.78 is 5.80. The zero-order valence-corrected chi connectivity index (χ0v) is 15.8. The summed E-state index contributed by atoms with van der Waals surface area (Å²) >= 11 is 6.34. The third kappa shape index (κ3) is 4.25. The van der Waals surface area contributed by atoms with Crippen LogP contribution in [0.2, 0.25) is 5.02 Å². The maximum atomic E-state index is 12.4. The van der Waals surface area contributed by atoms with E-state index in [0.29, 0.717) is 39.6 Å². The van der Waals surface area contributed by atoms with Crippen molar-refractivity contribution in [3.63, 3.8) is 0 Å². The van der Waals surface area contributed by atoms with Gasteiger partial charge in [-0.1, -0.05) is 28.9 Å². The Hall–Kier alpha value is -3.72. The van der Waals surface area contributed by atoms with Crippen LogP contribution in [0.1, 0.15) is 21.5 Å². The molecule has 3 aromatic heterocycles. The standard InChI is InChI=1S/C19H16ClN7O2/c20-14-6-12(19(28)23-9-11-2-1-5-22-8-11)3-4-13(14)10-29-15-7-16(21)24-18-17(15)25-27-26-18/h1-8H,9-10H2,(H,23,28)(H3,21,24,25,26,27). The summed E-state index contributed by atoms with van der Waals surface area (Å²) in [5, 5.41) is 13.5. The number of nitrogen functional groups attached to an aromatic ring is 1. The smallest absolute Gasteiger partial charge is 0.251 e. The van der Waals surface area contributed by atoms with E-state index in [2.05, 4.69) is 30.7 Å². The summed E-state index contributed by atoms with van der Waals surface area (Å²) in [6.07, 6.45) is 3.38. The van der Waals surface area contributed by atoms with Gasteiger partial charge in [0.25, 0.3) is 5.91 Å². The highest BCUT2D eigenvalue weighted by atomic mass is 35.5. The molecule has 0 fully saturated rings. The van der Waals surface area contributed by atoms with Crippen LogP contribution in [0.15, 0.2) is 48.8 Å². The fraction of sp³-hybridized carbons (Fsp3) is 0.105. The van der Waals surface area contributed by atoms with Crippen molar-refractivity contribution >= 4 is 34.5 Å². The van der Waals surface area contributed by atoms with E-state index >= 15 is 0 Å². The second-order valence-electron chi connectivity index (χ2n) is 6.19. The molecule has 0 aliphatic heterocycles. The number of nitrogens with two attached hydrogens (primary N) is 1. The molecule has 10 heteroatoms. The minimum atomic E-state index is -0.227. The van der Waals surface area contributed by atoms with Gasteiger partial charge in [0.1, 0.15) is 12.4 Å². The molecule has 9 nitrogen and oxygen atoms in total. The molecule has 0 spiro atoms. The Morgan fingerprint density at radius 3 is 2.97 bits per heavy atom. The first-order valence-corrected chi connectivity index (χ1v) is 9.03. The molecule has 0 radical (unpaired) electrons. The van der Waals surface area contributed by atoms with Gasteiger partial charge >= 0.3 is 0 Å². The quantitative estimate of drug-likeness (QED) is 0.445. The van der Waals surface area contributed by atoms with E-state index in [0.717, 1.165) is 5.56 Å². The Bertz CT molecular complexity index is 1160. The van der Waals surface area contributed by atoms with Gasteiger partial charge in [-0.3, -0.25) is 9.78 Å². The second-order valence-corrected chi connectivity index (χ2v) is 6.60. The molecule has 0 aliphatic carbocycles. The van der Waals surface area contributed by atoms with Gasteiger partial charge in [0, 0.05) is 41.2 Å². The number of anilines is 1. The number of fused-ring (bicyclic) bond motifs is 1. The molecule has 0 saturated carbocycles. The molecule has 29 heavy (non-hydrogen) atoms. The van der Waals surface area contributed by atoms with Crippen LogP contribution in [0.3, 0.4) is 0 Å². The SMILES string of the molecule is Nc1cc(OCc2ccc(C(=O)NCc3cccnc3)cc2Cl)c2nn[nH]c2n1. The predicted octanol–water partition coefficient (Wildman–Crippen LogP) is 2.49. The molecule has 4 aromatic rings. The number of benzene rings is 1. The van der Waals surface area contributed by atoms with Crippen molar-refractivity contribution in [2.24, 2.45) is 0 Å². The molecule has 4 N–H and O–H groups in total. The number of hydrogen-bond donors (Lipinski definition) is 3. The van der Waals surface area contributed by atoms with Crippen molar-refractivity contribution in [1.82, 2.24) is 30.7 Å². The highest BCUT2D eigenvalue weighted by Crippen LogP contribution is 2.26. The van der Waals surface area contributed by atoms with Crippen LogP contribution in [-0.2, 0) is 13.2 Å². The number of pyridine rings is 2. The average Bonchev–Trinajstić information content (AvgIpc) is 3.20. The lowest BCUT2D eigenvalue weighted by molar-refractivity contribution is 0.0951. The second kappa shape index (κ2) is 8.11. The summed E-state index contributed by atoms with van der Waals surface area (Å²) in [5.41, 5.74) is 8.75. The number of aromatic amines is 1. The van der Waals surface area contributed by atoms with Gasteiger partial charge in [-0.25, -0.2) is 10.1 Å². The van der Waals surface area contributed by atoms with Crippen molar-refractivity contribution in [2.75, 3.05) is 5.73 Å². The number of nitrogens with zero attached hydrogens (tertiary/aromatic N) is 4. The maximum Gasteiger partial charge on any atom is 0.251 e. The van der Waals surface area contributed by atoms with Crippen LogP contribution in [0.5, 0.6) is 5.75 Å². The van der Waals surface area contributed by atoms with Gasteiger partial charge in [0.05, 0.1) is 0 Å². The Morgan fingerprint density at radius 1 is 1.28 bits per heavy atom. The van der Waals surface area contributed by atoms with Crippen molar-refractivity contribution in [1.29, 1.82) is 0 Å². The van der Waals surface area contributed by atoms with Crippen LogP contribution in [0.4, 0.5) is 5.82 Å². The van der Waals surface area contributed by atoms with E-state index < -0.39 is 0 Å². The fourth-order valence-electron chi connectivity index (χ4n) is 2.69. The molecule has 0 saturated heterocycles. The third-order valence-corrected chi connectivity index (χ3v) is 4.51. The minimum Gasteiger partial charge on any atom is -0.486 e. The van der Waals surface area contributed by atoms with Crippen LogP contribution < -0.4 is 15.8 Å². The molecule has 146 valence electrons. The zero-order valence-electron chi connectivity index (χ0n) is 15.1. The Labute approximate surface area is 170 Å². The molecule has 1 aromatic carbocycles. The van der Waals surface area contributed by atoms with Crippen LogP contribution in [0.25, 0.3) is 11.2 Å². The van der Waals surface area contributed by atoms with E-state index in [1.807, 2.05) is 12.1 Å². The molecule has 4 rings (SSSR count). The van der Waals surface area contributed by atoms with Gasteiger partial charge in [-0.15, -0.1) is 5.10 Å². The number of nitrogens with one attached hydrogen (secondary N) is 2. The first-order valence-electron chi connectivity index (χ1n) is 8.66. The number of aromatic nitrogens is 5. The summed E-state index contributed by atoms with van der Waals surface area (Å²) in [7, 11) is 0. The molecule has 0 aliphatic rings. The van der Waals surface area contributed by atoms with Gasteiger partial charge in [-0.05, 0) is 23.8 Å². The molecular formula is C19H16ClN7O2. The lowest BCUT2D eigenvalue weighted by Gasteiger charge is -2.10. The fourth-order valence-corrected chi connectivity index (χ4v) is 2.92. The van der Waals surface area contributed by atoms with Crippen molar-refractivity contribution in [2.45, 2.75) is 13.2 Å². The predicted molar refractivity (Wildman–Crippen MR) is 107 cm³/mol. The number of amides is 1. The molecular weight excluding hydrogens is 394 g/mol. The number of H-pyrrole nitrogens is 1. The molecule has 3 heterocycles. The Balaban J connectivity index is 1.43. The van der Waals surface area contributed by atoms with Gasteiger partial charge in [0.15, 0.2) is 16.9 Å². The minimum absolute atomic E-state index is 0.168. The third-order valence-electron chi connectivity index (χ3n) is 4.16. The molecule has 0 bridgehead atoms. The van der Waals surface area contributed by atoms with E-state index in [9.17, 15) is 4.79 Å². The number of carbonyl (C=O) groups excluding carboxylic acids is 1. The van der Waals surface area contributed by atoms with Crippen molar-refractivity contribution < 1.29 is 9.53 Å². The monoisotopic (exact) mass is 409 g/mol. The van der Waals surface area contributed by atoms with E-state index in [1.54, 1.807) is 36.7 Å². The van der Waals surface area contributed by atoms with Gasteiger partial charge in [0.2, 0.25) is 0 Å². The van der Waals surface area contributed by atoms with E-state index in [1.165, 1.54) is 0 Å². The van der Waals surface area contributed by atoms with E-state index in [4.69, 9.17) is 22.1 Å². The first kappa shape index (κ1) is 18.6. The summed E-state index contributed by atoms with van der Waals surface area (Å²) in [6, 6.07) is 10.3. The summed E-state index contributed by atoms with van der Waals surface area (Å²) in [4.78, 5) is 20.5. The average molecular weight is 410 g/mol. The topological polar surface area (TPSA) is 132 Å². The van der Waals surface area contributed by atoms with Crippen LogP contribution in [-0.4, -0.2) is 31.3 Å². The highest BCUT2D eigenvalue weighted by molar-refractivity contribution is 6.31. The van der Waals surface area contributed by atoms with Gasteiger partial charge < -0.3 is 15.8 Å². The normalized spacial score (nSPS) is 10.8. The lowest BCUT2D eigenvalue weighted by atomic mass is 10.1. The van der Waals surface area contributed by atoms with E-state index in [-0.39, 0.29) is 18.3 Å². The van der Waals surface area contributed by atoms with Crippen LogP contribution >= 0.6 is 11.6 Å². The lowest BCUT2D eigenvalue weighted by Crippen LogP contribution is -2.22. The molecule has 0 unspecified atom stereocenters. The summed E-state index contributed by atoms with van der Waals surface area (Å²) in [5.74, 6) is 0.496. The number of hydrogen-bond acceptors (Lipinski definition) is 7. The number of rotatable bonds is 6. The molecule has 0 atom stereocenters. The first-order chi connectivity index (χ1) is 14.1.